The Morgan fingerprint density at radius 3 is 2.54 bits per heavy atom. The van der Waals surface area contributed by atoms with E-state index in [4.69, 9.17) is 22.1 Å². The van der Waals surface area contributed by atoms with Gasteiger partial charge < -0.3 is 20.7 Å². The molecule has 0 amide bonds. The van der Waals surface area contributed by atoms with Crippen LogP contribution in [0.1, 0.15) is 11.1 Å². The minimum atomic E-state index is 0.343. The molecule has 2 rings (SSSR count). The summed E-state index contributed by atoms with van der Waals surface area (Å²) >= 11 is 6.10. The molecule has 2 aromatic carbocycles. The first-order valence-electron chi connectivity index (χ1n) is 7.61. The van der Waals surface area contributed by atoms with E-state index in [9.17, 15) is 0 Å². The summed E-state index contributed by atoms with van der Waals surface area (Å²) in [6, 6.07) is 13.6. The van der Waals surface area contributed by atoms with E-state index >= 15 is 0 Å². The molecule has 3 N–H and O–H groups in total. The van der Waals surface area contributed by atoms with Crippen molar-refractivity contribution in [1.82, 2.24) is 4.90 Å². The average Bonchev–Trinajstić information content (AvgIpc) is 2.54. The molecule has 2 aromatic rings. The van der Waals surface area contributed by atoms with Crippen molar-refractivity contribution in [2.24, 2.45) is 10.7 Å². The second-order valence-corrected chi connectivity index (χ2v) is 6.09. The Balaban J connectivity index is 2.05. The molecule has 0 fully saturated rings. The van der Waals surface area contributed by atoms with Gasteiger partial charge >= 0.3 is 0 Å². The average molecular weight is 347 g/mol. The lowest BCUT2D eigenvalue weighted by molar-refractivity contribution is 0.401. The molecule has 0 spiro atoms. The standard InChI is InChI=1S/C18H23ClN4O/c1-23(2)12-14-7-5-4-6-13(14)11-21-18(20)22-15-8-9-17(24-3)16(19)10-15/h4-10H,11-12H2,1-3H3,(H3,20,21,22). The van der Waals surface area contributed by atoms with Gasteiger partial charge in [-0.2, -0.15) is 0 Å². The number of methoxy groups -OCH3 is 1. The minimum Gasteiger partial charge on any atom is -0.495 e. The molecule has 24 heavy (non-hydrogen) atoms. The summed E-state index contributed by atoms with van der Waals surface area (Å²) in [7, 11) is 5.67. The van der Waals surface area contributed by atoms with Crippen LogP contribution >= 0.6 is 11.6 Å². The fourth-order valence-corrected chi connectivity index (χ4v) is 2.57. The molecule has 0 aliphatic rings. The van der Waals surface area contributed by atoms with E-state index in [1.54, 1.807) is 19.2 Å². The summed E-state index contributed by atoms with van der Waals surface area (Å²) in [4.78, 5) is 6.55. The molecule has 0 radical (unpaired) electrons. The zero-order valence-corrected chi connectivity index (χ0v) is 15.0. The van der Waals surface area contributed by atoms with E-state index in [1.807, 2.05) is 32.3 Å². The lowest BCUT2D eigenvalue weighted by Crippen LogP contribution is -2.22. The molecule has 0 unspecified atom stereocenters. The summed E-state index contributed by atoms with van der Waals surface area (Å²) in [5.74, 6) is 0.964. The maximum atomic E-state index is 6.10. The van der Waals surface area contributed by atoms with Gasteiger partial charge in [-0.05, 0) is 43.4 Å². The van der Waals surface area contributed by atoms with Crippen LogP contribution in [0.5, 0.6) is 5.75 Å². The van der Waals surface area contributed by atoms with Crippen LogP contribution in [0.25, 0.3) is 0 Å². The molecule has 0 heterocycles. The Morgan fingerprint density at radius 2 is 1.92 bits per heavy atom. The fourth-order valence-electron chi connectivity index (χ4n) is 2.31. The Hall–Kier alpha value is -2.24. The van der Waals surface area contributed by atoms with E-state index in [-0.39, 0.29) is 0 Å². The third-order valence-electron chi connectivity index (χ3n) is 3.45. The number of rotatable bonds is 6. The van der Waals surface area contributed by atoms with E-state index in [2.05, 4.69) is 27.3 Å². The highest BCUT2D eigenvalue weighted by molar-refractivity contribution is 6.32. The third-order valence-corrected chi connectivity index (χ3v) is 3.74. The summed E-state index contributed by atoms with van der Waals surface area (Å²) < 4.78 is 5.13. The van der Waals surface area contributed by atoms with Gasteiger partial charge in [-0.1, -0.05) is 35.9 Å². The molecule has 0 bridgehead atoms. The van der Waals surface area contributed by atoms with E-state index in [0.29, 0.717) is 23.3 Å². The predicted molar refractivity (Wildman–Crippen MR) is 101 cm³/mol. The van der Waals surface area contributed by atoms with Crippen LogP contribution in [-0.4, -0.2) is 32.1 Å². The zero-order valence-electron chi connectivity index (χ0n) is 14.2. The number of nitrogens with two attached hydrogens (primary N) is 1. The van der Waals surface area contributed by atoms with E-state index in [0.717, 1.165) is 17.8 Å². The van der Waals surface area contributed by atoms with Crippen LogP contribution in [0.15, 0.2) is 47.5 Å². The molecule has 5 nitrogen and oxygen atoms in total. The maximum absolute atomic E-state index is 6.10. The van der Waals surface area contributed by atoms with Crippen molar-refractivity contribution in [3.8, 4) is 5.75 Å². The van der Waals surface area contributed by atoms with Crippen LogP contribution in [0.2, 0.25) is 5.02 Å². The quantitative estimate of drug-likeness (QED) is 0.622. The zero-order chi connectivity index (χ0) is 17.5. The van der Waals surface area contributed by atoms with Gasteiger partial charge in [0.25, 0.3) is 0 Å². The molecule has 0 aromatic heterocycles. The van der Waals surface area contributed by atoms with Crippen molar-refractivity contribution in [2.75, 3.05) is 26.5 Å². The van der Waals surface area contributed by atoms with Gasteiger partial charge in [-0.25, -0.2) is 4.99 Å². The number of aliphatic imine (C=N–C) groups is 1. The summed E-state index contributed by atoms with van der Waals surface area (Å²) in [5, 5.41) is 3.56. The molecule has 6 heteroatoms. The molecular formula is C18H23ClN4O. The SMILES string of the molecule is COc1ccc(NC(N)=NCc2ccccc2CN(C)C)cc1Cl. The second kappa shape index (κ2) is 8.57. The van der Waals surface area contributed by atoms with Crippen molar-refractivity contribution in [3.05, 3.63) is 58.6 Å². The van der Waals surface area contributed by atoms with Crippen molar-refractivity contribution < 1.29 is 4.74 Å². The minimum absolute atomic E-state index is 0.343. The van der Waals surface area contributed by atoms with Crippen molar-refractivity contribution in [1.29, 1.82) is 0 Å². The molecular weight excluding hydrogens is 324 g/mol. The van der Waals surface area contributed by atoms with Gasteiger partial charge in [-0.15, -0.1) is 0 Å². The highest BCUT2D eigenvalue weighted by Gasteiger charge is 2.04. The first-order valence-corrected chi connectivity index (χ1v) is 7.99. The van der Waals surface area contributed by atoms with Gasteiger partial charge in [0.15, 0.2) is 5.96 Å². The van der Waals surface area contributed by atoms with Crippen LogP contribution in [-0.2, 0) is 13.1 Å². The highest BCUT2D eigenvalue weighted by atomic mass is 35.5. The van der Waals surface area contributed by atoms with Crippen LogP contribution in [0, 0.1) is 0 Å². The highest BCUT2D eigenvalue weighted by Crippen LogP contribution is 2.27. The topological polar surface area (TPSA) is 62.9 Å². The Kier molecular flexibility index (Phi) is 6.46. The normalized spacial score (nSPS) is 11.6. The lowest BCUT2D eigenvalue weighted by atomic mass is 10.1. The molecule has 0 saturated heterocycles. The van der Waals surface area contributed by atoms with Crippen molar-refractivity contribution in [2.45, 2.75) is 13.1 Å². The molecule has 0 saturated carbocycles. The first-order chi connectivity index (χ1) is 11.5. The number of guanidine groups is 1. The number of anilines is 1. The van der Waals surface area contributed by atoms with E-state index in [1.165, 1.54) is 5.56 Å². The maximum Gasteiger partial charge on any atom is 0.193 e. The monoisotopic (exact) mass is 346 g/mol. The number of nitrogens with one attached hydrogen (secondary N) is 1. The lowest BCUT2D eigenvalue weighted by Gasteiger charge is -2.13. The Labute approximate surface area is 148 Å². The number of benzene rings is 2. The summed E-state index contributed by atoms with van der Waals surface area (Å²) in [6.45, 7) is 1.39. The van der Waals surface area contributed by atoms with Crippen LogP contribution in [0.3, 0.4) is 0 Å². The molecule has 0 aliphatic carbocycles. The van der Waals surface area contributed by atoms with Crippen molar-refractivity contribution >= 4 is 23.2 Å². The number of ether oxygens (including phenoxy) is 1. The van der Waals surface area contributed by atoms with Gasteiger partial charge in [0.1, 0.15) is 5.75 Å². The van der Waals surface area contributed by atoms with Gasteiger partial charge in [-0.3, -0.25) is 0 Å². The molecule has 0 atom stereocenters. The van der Waals surface area contributed by atoms with Crippen molar-refractivity contribution in [3.63, 3.8) is 0 Å². The first kappa shape index (κ1) is 18.1. The second-order valence-electron chi connectivity index (χ2n) is 5.68. The Bertz CT molecular complexity index is 716. The largest absolute Gasteiger partial charge is 0.495 e. The van der Waals surface area contributed by atoms with Gasteiger partial charge in [0, 0.05) is 12.2 Å². The number of nitrogens with zero attached hydrogens (tertiary/aromatic N) is 2. The smallest absolute Gasteiger partial charge is 0.193 e. The van der Waals surface area contributed by atoms with E-state index < -0.39 is 0 Å². The van der Waals surface area contributed by atoms with Crippen LogP contribution in [0.4, 0.5) is 5.69 Å². The Morgan fingerprint density at radius 1 is 1.21 bits per heavy atom. The fraction of sp³-hybridized carbons (Fsp3) is 0.278. The number of hydrogen-bond acceptors (Lipinski definition) is 3. The predicted octanol–water partition coefficient (Wildman–Crippen LogP) is 3.34. The number of halogens is 1. The summed E-state index contributed by atoms with van der Waals surface area (Å²) in [5.41, 5.74) is 9.15. The van der Waals surface area contributed by atoms with Crippen LogP contribution < -0.4 is 15.8 Å². The molecule has 128 valence electrons. The third kappa shape index (κ3) is 5.15. The number of hydrogen-bond donors (Lipinski definition) is 2. The summed E-state index contributed by atoms with van der Waals surface area (Å²) in [6.07, 6.45) is 0. The van der Waals surface area contributed by atoms with Gasteiger partial charge in [0.05, 0.1) is 18.7 Å². The van der Waals surface area contributed by atoms with Gasteiger partial charge in [0.2, 0.25) is 0 Å². The molecule has 0 aliphatic heterocycles.